The van der Waals surface area contributed by atoms with Gasteiger partial charge in [-0.3, -0.25) is 4.79 Å². The van der Waals surface area contributed by atoms with Crippen molar-refractivity contribution in [2.24, 2.45) is 10.5 Å². The van der Waals surface area contributed by atoms with Gasteiger partial charge in [-0.25, -0.2) is 10.2 Å². The summed E-state index contributed by atoms with van der Waals surface area (Å²) in [6, 6.07) is 16.3. The van der Waals surface area contributed by atoms with Crippen molar-refractivity contribution >= 4 is 40.1 Å². The first-order chi connectivity index (χ1) is 17.9. The highest BCUT2D eigenvalue weighted by atomic mass is 79.9. The van der Waals surface area contributed by atoms with Crippen LogP contribution in [-0.2, 0) is 15.0 Å². The highest BCUT2D eigenvalue weighted by molar-refractivity contribution is 9.10. The van der Waals surface area contributed by atoms with E-state index in [1.54, 1.807) is 30.3 Å². The molecule has 0 saturated carbocycles. The van der Waals surface area contributed by atoms with Crippen LogP contribution in [0.2, 0.25) is 0 Å². The fourth-order valence-corrected chi connectivity index (χ4v) is 4.56. The Kier molecular flexibility index (Phi) is 9.69. The lowest BCUT2D eigenvalue weighted by Crippen LogP contribution is -2.25. The van der Waals surface area contributed by atoms with Crippen molar-refractivity contribution in [1.82, 2.24) is 5.43 Å². The van der Waals surface area contributed by atoms with Gasteiger partial charge in [0.15, 0.2) is 6.61 Å². The molecule has 0 aliphatic rings. The zero-order valence-corrected chi connectivity index (χ0v) is 23.9. The molecule has 0 fully saturated rings. The van der Waals surface area contributed by atoms with Crippen LogP contribution in [0.15, 0.2) is 80.9 Å². The van der Waals surface area contributed by atoms with Gasteiger partial charge in [-0.05, 0) is 71.4 Å². The van der Waals surface area contributed by atoms with Crippen molar-refractivity contribution in [2.45, 2.75) is 46.5 Å². The molecule has 1 aromatic heterocycles. The van der Waals surface area contributed by atoms with Crippen LogP contribution in [0.3, 0.4) is 0 Å². The van der Waals surface area contributed by atoms with Gasteiger partial charge in [-0.2, -0.15) is 5.10 Å². The maximum Gasteiger partial charge on any atom is 0.336 e. The first-order valence-electron chi connectivity index (χ1n) is 12.2. The third-order valence-electron chi connectivity index (χ3n) is 5.48. The molecule has 2 aromatic carbocycles. The van der Waals surface area contributed by atoms with Gasteiger partial charge in [0.1, 0.15) is 17.3 Å². The summed E-state index contributed by atoms with van der Waals surface area (Å²) in [5.41, 5.74) is 4.38. The second kappa shape index (κ2) is 12.7. The minimum absolute atomic E-state index is 0.0260. The van der Waals surface area contributed by atoms with E-state index in [1.807, 2.05) is 24.3 Å². The van der Waals surface area contributed by atoms with E-state index < -0.39 is 11.9 Å². The van der Waals surface area contributed by atoms with Crippen LogP contribution >= 0.6 is 15.9 Å². The smallest absolute Gasteiger partial charge is 0.336 e. The third-order valence-corrected chi connectivity index (χ3v) is 5.97. The van der Waals surface area contributed by atoms with Gasteiger partial charge in [0.05, 0.1) is 12.5 Å². The number of halogens is 1. The van der Waals surface area contributed by atoms with Crippen LogP contribution in [0.4, 0.5) is 0 Å². The average molecular weight is 582 g/mol. The summed E-state index contributed by atoms with van der Waals surface area (Å²) in [6.07, 6.45) is 6.72. The molecular weight excluding hydrogens is 548 g/mol. The van der Waals surface area contributed by atoms with Gasteiger partial charge in [0.2, 0.25) is 0 Å². The Morgan fingerprint density at radius 3 is 2.45 bits per heavy atom. The summed E-state index contributed by atoms with van der Waals surface area (Å²) in [6.45, 7) is 11.0. The highest BCUT2D eigenvalue weighted by Crippen LogP contribution is 2.36. The van der Waals surface area contributed by atoms with Crippen LogP contribution < -0.4 is 14.9 Å². The second-order valence-electron chi connectivity index (χ2n) is 10.7. The number of benzene rings is 2. The summed E-state index contributed by atoms with van der Waals surface area (Å²) < 4.78 is 16.9. The molecule has 0 saturated heterocycles. The average Bonchev–Trinajstić information content (AvgIpc) is 3.36. The molecular formula is C30H33BrN2O5. The van der Waals surface area contributed by atoms with Gasteiger partial charge < -0.3 is 13.9 Å². The molecule has 0 bridgehead atoms. The minimum Gasteiger partial charge on any atom is -0.484 e. The fourth-order valence-electron chi connectivity index (χ4n) is 4.18. The first kappa shape index (κ1) is 28.9. The number of ether oxygens (including phenoxy) is 2. The summed E-state index contributed by atoms with van der Waals surface area (Å²) in [7, 11) is 0. The van der Waals surface area contributed by atoms with Crippen molar-refractivity contribution in [3.63, 3.8) is 0 Å². The van der Waals surface area contributed by atoms with Gasteiger partial charge in [0, 0.05) is 16.1 Å². The van der Waals surface area contributed by atoms with Gasteiger partial charge >= 0.3 is 5.97 Å². The van der Waals surface area contributed by atoms with Gasteiger partial charge in [-0.1, -0.05) is 62.7 Å². The van der Waals surface area contributed by atoms with Crippen molar-refractivity contribution in [3.05, 3.63) is 88.3 Å². The summed E-state index contributed by atoms with van der Waals surface area (Å²) in [5, 5.41) is 3.98. The Balaban J connectivity index is 1.53. The van der Waals surface area contributed by atoms with E-state index in [4.69, 9.17) is 13.9 Å². The molecule has 0 aliphatic carbocycles. The van der Waals surface area contributed by atoms with Crippen LogP contribution in [0.25, 0.3) is 6.08 Å². The lowest BCUT2D eigenvalue weighted by atomic mass is 9.72. The molecule has 200 valence electrons. The van der Waals surface area contributed by atoms with E-state index in [9.17, 15) is 9.59 Å². The standard InChI is InChI=1S/C30H33BrN2O5/c1-29(2,3)20-30(4,5)22-8-11-25(12-9-22)37-19-27(34)33-32-18-21-17-23(31)10-14-26(21)38-28(35)15-13-24-7-6-16-36-24/h6-18H,19-20H2,1-5H3,(H,33,34)/b15-13+,32-18+. The molecule has 1 heterocycles. The number of furan rings is 1. The molecule has 0 spiro atoms. The Bertz CT molecular complexity index is 1290. The van der Waals surface area contributed by atoms with Crippen molar-refractivity contribution < 1.29 is 23.5 Å². The van der Waals surface area contributed by atoms with E-state index >= 15 is 0 Å². The van der Waals surface area contributed by atoms with Gasteiger partial charge in [0.25, 0.3) is 5.91 Å². The Labute approximate surface area is 232 Å². The Morgan fingerprint density at radius 2 is 1.79 bits per heavy atom. The van der Waals surface area contributed by atoms with Crippen molar-refractivity contribution in [3.8, 4) is 11.5 Å². The number of hydrazone groups is 1. The molecule has 0 radical (unpaired) electrons. The highest BCUT2D eigenvalue weighted by Gasteiger charge is 2.27. The lowest BCUT2D eigenvalue weighted by Gasteiger charge is -2.33. The number of hydrogen-bond acceptors (Lipinski definition) is 6. The van der Waals surface area contributed by atoms with E-state index in [1.165, 1.54) is 30.2 Å². The van der Waals surface area contributed by atoms with Crippen molar-refractivity contribution in [2.75, 3.05) is 6.61 Å². The van der Waals surface area contributed by atoms with Crippen LogP contribution in [0, 0.1) is 5.41 Å². The van der Waals surface area contributed by atoms with Crippen LogP contribution in [-0.4, -0.2) is 24.7 Å². The number of amides is 1. The molecule has 1 amide bonds. The third kappa shape index (κ3) is 9.34. The monoisotopic (exact) mass is 580 g/mol. The molecule has 0 aliphatic heterocycles. The largest absolute Gasteiger partial charge is 0.484 e. The Morgan fingerprint density at radius 1 is 1.05 bits per heavy atom. The SMILES string of the molecule is CC(C)(C)CC(C)(C)c1ccc(OCC(=O)N/N=C/c2cc(Br)ccc2OC(=O)/C=C/c2ccco2)cc1. The van der Waals surface area contributed by atoms with E-state index in [-0.39, 0.29) is 23.2 Å². The maximum absolute atomic E-state index is 12.3. The van der Waals surface area contributed by atoms with E-state index in [0.29, 0.717) is 17.1 Å². The predicted octanol–water partition coefficient (Wildman–Crippen LogP) is 6.90. The maximum atomic E-state index is 12.3. The second-order valence-corrected chi connectivity index (χ2v) is 11.6. The number of carbonyl (C=O) groups excluding carboxylic acids is 2. The molecule has 38 heavy (non-hydrogen) atoms. The van der Waals surface area contributed by atoms with E-state index in [0.717, 1.165) is 10.9 Å². The van der Waals surface area contributed by atoms with Crippen LogP contribution in [0.5, 0.6) is 11.5 Å². The molecule has 8 heteroatoms. The minimum atomic E-state index is -0.580. The summed E-state index contributed by atoms with van der Waals surface area (Å²) in [5.74, 6) is 0.413. The van der Waals surface area contributed by atoms with Gasteiger partial charge in [-0.15, -0.1) is 0 Å². The lowest BCUT2D eigenvalue weighted by molar-refractivity contribution is -0.129. The zero-order chi connectivity index (χ0) is 27.8. The molecule has 0 unspecified atom stereocenters. The summed E-state index contributed by atoms with van der Waals surface area (Å²) in [4.78, 5) is 24.4. The number of carbonyl (C=O) groups is 2. The normalized spacial score (nSPS) is 12.2. The van der Waals surface area contributed by atoms with Crippen molar-refractivity contribution in [1.29, 1.82) is 0 Å². The fraction of sp³-hybridized carbons (Fsp3) is 0.300. The number of nitrogens with one attached hydrogen (secondary N) is 1. The quantitative estimate of drug-likeness (QED) is 0.0925. The molecule has 7 nitrogen and oxygen atoms in total. The Hall–Kier alpha value is -3.65. The number of esters is 1. The number of nitrogens with zero attached hydrogens (tertiary/aromatic N) is 1. The van der Waals surface area contributed by atoms with E-state index in [2.05, 4.69) is 61.1 Å². The van der Waals surface area contributed by atoms with Crippen LogP contribution in [0.1, 0.15) is 57.9 Å². The predicted molar refractivity (Wildman–Crippen MR) is 152 cm³/mol. The number of rotatable bonds is 10. The molecule has 1 N–H and O–H groups in total. The first-order valence-corrected chi connectivity index (χ1v) is 13.0. The number of hydrogen-bond donors (Lipinski definition) is 1. The molecule has 0 atom stereocenters. The zero-order valence-electron chi connectivity index (χ0n) is 22.3. The summed E-state index contributed by atoms with van der Waals surface area (Å²) >= 11 is 3.39. The topological polar surface area (TPSA) is 90.1 Å². The molecule has 3 aromatic rings. The molecule has 3 rings (SSSR count).